The van der Waals surface area contributed by atoms with Gasteiger partial charge < -0.3 is 10.6 Å². The van der Waals surface area contributed by atoms with E-state index in [-0.39, 0.29) is 35.0 Å². The molecule has 0 spiro atoms. The van der Waals surface area contributed by atoms with Gasteiger partial charge in [-0.1, -0.05) is 23.2 Å². The summed E-state index contributed by atoms with van der Waals surface area (Å²) in [4.78, 5) is 23.8. The first-order valence-electron chi connectivity index (χ1n) is 6.92. The van der Waals surface area contributed by atoms with Crippen LogP contribution in [0.15, 0.2) is 18.2 Å². The lowest BCUT2D eigenvalue weighted by molar-refractivity contribution is -0.120. The highest BCUT2D eigenvalue weighted by Gasteiger charge is 2.25. The summed E-state index contributed by atoms with van der Waals surface area (Å²) in [5.41, 5.74) is 0.268. The van der Waals surface area contributed by atoms with Crippen molar-refractivity contribution in [3.63, 3.8) is 0 Å². The van der Waals surface area contributed by atoms with E-state index < -0.39 is 5.91 Å². The minimum atomic E-state index is -0.432. The van der Waals surface area contributed by atoms with Crippen LogP contribution in [0, 0.1) is 17.2 Å². The second kappa shape index (κ2) is 7.48. The normalized spacial score (nSPS) is 20.2. The van der Waals surface area contributed by atoms with Crippen LogP contribution in [0.25, 0.3) is 0 Å². The van der Waals surface area contributed by atoms with Gasteiger partial charge in [0.25, 0.3) is 5.91 Å². The van der Waals surface area contributed by atoms with E-state index in [2.05, 4.69) is 16.7 Å². The average Bonchev–Trinajstić information content (AvgIpc) is 2.92. The summed E-state index contributed by atoms with van der Waals surface area (Å²) in [6.07, 6.45) is 2.26. The van der Waals surface area contributed by atoms with E-state index in [9.17, 15) is 9.59 Å². The lowest BCUT2D eigenvalue weighted by Gasteiger charge is -2.12. The van der Waals surface area contributed by atoms with Crippen LogP contribution in [-0.4, -0.2) is 24.4 Å². The topological polar surface area (TPSA) is 82.0 Å². The Labute approximate surface area is 138 Å². The van der Waals surface area contributed by atoms with Gasteiger partial charge in [0.15, 0.2) is 0 Å². The van der Waals surface area contributed by atoms with Crippen LogP contribution in [0.1, 0.15) is 29.6 Å². The van der Waals surface area contributed by atoms with Crippen LogP contribution in [0.3, 0.4) is 0 Å². The molecule has 0 aromatic heterocycles. The molecule has 0 heterocycles. The molecule has 0 aliphatic heterocycles. The Morgan fingerprint density at radius 1 is 1.32 bits per heavy atom. The highest BCUT2D eigenvalue weighted by atomic mass is 35.5. The number of carbonyl (C=O) groups excluding carboxylic acids is 2. The van der Waals surface area contributed by atoms with Crippen molar-refractivity contribution >= 4 is 35.0 Å². The predicted octanol–water partition coefficient (Wildman–Crippen LogP) is 2.53. The van der Waals surface area contributed by atoms with E-state index in [0.717, 1.165) is 12.8 Å². The molecule has 0 saturated heterocycles. The van der Waals surface area contributed by atoms with Crippen molar-refractivity contribution < 1.29 is 9.59 Å². The SMILES string of the molecule is N#C[C@H]1CC[C@@H](NC(=O)CNC(=O)c2ccc(Cl)cc2Cl)C1. The van der Waals surface area contributed by atoms with Gasteiger partial charge in [-0.3, -0.25) is 9.59 Å². The van der Waals surface area contributed by atoms with Crippen molar-refractivity contribution in [3.05, 3.63) is 33.8 Å². The van der Waals surface area contributed by atoms with Gasteiger partial charge in [-0.2, -0.15) is 5.26 Å². The third-order valence-electron chi connectivity index (χ3n) is 3.57. The molecule has 0 radical (unpaired) electrons. The first kappa shape index (κ1) is 16.6. The number of hydrogen-bond acceptors (Lipinski definition) is 3. The first-order valence-corrected chi connectivity index (χ1v) is 7.67. The molecule has 0 unspecified atom stereocenters. The smallest absolute Gasteiger partial charge is 0.253 e. The molecule has 1 fully saturated rings. The molecular formula is C15H15Cl2N3O2. The average molecular weight is 340 g/mol. The minimum Gasteiger partial charge on any atom is -0.352 e. The van der Waals surface area contributed by atoms with Crippen molar-refractivity contribution in [1.29, 1.82) is 5.26 Å². The lowest BCUT2D eigenvalue weighted by Crippen LogP contribution is -2.41. The zero-order valence-electron chi connectivity index (χ0n) is 11.7. The molecule has 116 valence electrons. The minimum absolute atomic E-state index is 0.00719. The molecule has 7 heteroatoms. The monoisotopic (exact) mass is 339 g/mol. The summed E-state index contributed by atoms with van der Waals surface area (Å²) in [6, 6.07) is 6.75. The summed E-state index contributed by atoms with van der Waals surface area (Å²) in [7, 11) is 0. The molecule has 1 aliphatic rings. The van der Waals surface area contributed by atoms with Gasteiger partial charge in [0, 0.05) is 17.0 Å². The van der Waals surface area contributed by atoms with Crippen molar-refractivity contribution in [2.75, 3.05) is 6.54 Å². The molecule has 0 bridgehead atoms. The van der Waals surface area contributed by atoms with Crippen LogP contribution in [-0.2, 0) is 4.79 Å². The van der Waals surface area contributed by atoms with Crippen LogP contribution < -0.4 is 10.6 Å². The molecule has 2 atom stereocenters. The Hall–Kier alpha value is -1.77. The highest BCUT2D eigenvalue weighted by Crippen LogP contribution is 2.24. The first-order chi connectivity index (χ1) is 10.5. The fourth-order valence-electron chi connectivity index (χ4n) is 2.44. The van der Waals surface area contributed by atoms with Crippen LogP contribution in [0.4, 0.5) is 0 Å². The summed E-state index contributed by atoms with van der Waals surface area (Å²) < 4.78 is 0. The Morgan fingerprint density at radius 3 is 2.73 bits per heavy atom. The maximum absolute atomic E-state index is 12.0. The van der Waals surface area contributed by atoms with Crippen molar-refractivity contribution in [3.8, 4) is 6.07 Å². The maximum atomic E-state index is 12.0. The summed E-state index contributed by atoms with van der Waals surface area (Å²) in [6.45, 7) is -0.133. The number of nitrogens with zero attached hydrogens (tertiary/aromatic N) is 1. The standard InChI is InChI=1S/C15H15Cl2N3O2/c16-10-2-4-12(13(17)6-10)15(22)19-8-14(21)20-11-3-1-9(5-11)7-18/h2,4,6,9,11H,1,3,5,8H2,(H,19,22)(H,20,21)/t9-,11+/m0/s1. The molecule has 22 heavy (non-hydrogen) atoms. The Kier molecular flexibility index (Phi) is 5.64. The van der Waals surface area contributed by atoms with Gasteiger partial charge in [-0.05, 0) is 37.5 Å². The zero-order valence-corrected chi connectivity index (χ0v) is 13.2. The Balaban J connectivity index is 1.81. The number of halogens is 2. The van der Waals surface area contributed by atoms with E-state index in [1.807, 2.05) is 0 Å². The van der Waals surface area contributed by atoms with Crippen molar-refractivity contribution in [2.45, 2.75) is 25.3 Å². The molecule has 1 saturated carbocycles. The van der Waals surface area contributed by atoms with Gasteiger partial charge >= 0.3 is 0 Å². The predicted molar refractivity (Wildman–Crippen MR) is 83.7 cm³/mol. The summed E-state index contributed by atoms with van der Waals surface area (Å²) >= 11 is 11.7. The van der Waals surface area contributed by atoms with E-state index in [1.165, 1.54) is 12.1 Å². The number of amides is 2. The van der Waals surface area contributed by atoms with Crippen LogP contribution in [0.5, 0.6) is 0 Å². The summed E-state index contributed by atoms with van der Waals surface area (Å²) in [5, 5.41) is 14.8. The Bertz CT molecular complexity index is 628. The van der Waals surface area contributed by atoms with Crippen LogP contribution in [0.2, 0.25) is 10.0 Å². The third kappa shape index (κ3) is 4.36. The van der Waals surface area contributed by atoms with Gasteiger partial charge in [-0.25, -0.2) is 0 Å². The van der Waals surface area contributed by atoms with Gasteiger partial charge in [0.2, 0.25) is 5.91 Å². The molecule has 5 nitrogen and oxygen atoms in total. The number of rotatable bonds is 4. The second-order valence-electron chi connectivity index (χ2n) is 5.21. The second-order valence-corrected chi connectivity index (χ2v) is 6.05. The molecule has 1 aromatic rings. The van der Waals surface area contributed by atoms with E-state index in [1.54, 1.807) is 6.07 Å². The quantitative estimate of drug-likeness (QED) is 0.884. The van der Waals surface area contributed by atoms with E-state index in [0.29, 0.717) is 11.4 Å². The fourth-order valence-corrected chi connectivity index (χ4v) is 2.93. The summed E-state index contributed by atoms with van der Waals surface area (Å²) in [5.74, 6) is -0.701. The molecule has 1 aromatic carbocycles. The van der Waals surface area contributed by atoms with Gasteiger partial charge in [-0.15, -0.1) is 0 Å². The maximum Gasteiger partial charge on any atom is 0.253 e. The van der Waals surface area contributed by atoms with Gasteiger partial charge in [0.1, 0.15) is 0 Å². The number of nitrogens with one attached hydrogen (secondary N) is 2. The molecule has 1 aliphatic carbocycles. The molecule has 2 amide bonds. The molecule has 2 N–H and O–H groups in total. The number of benzene rings is 1. The fraction of sp³-hybridized carbons (Fsp3) is 0.400. The van der Waals surface area contributed by atoms with Crippen LogP contribution >= 0.6 is 23.2 Å². The number of carbonyl (C=O) groups is 2. The largest absolute Gasteiger partial charge is 0.352 e. The molecule has 2 rings (SSSR count). The third-order valence-corrected chi connectivity index (χ3v) is 4.11. The number of hydrogen-bond donors (Lipinski definition) is 2. The van der Waals surface area contributed by atoms with E-state index in [4.69, 9.17) is 28.5 Å². The Morgan fingerprint density at radius 2 is 2.09 bits per heavy atom. The lowest BCUT2D eigenvalue weighted by atomic mass is 10.1. The van der Waals surface area contributed by atoms with E-state index >= 15 is 0 Å². The highest BCUT2D eigenvalue weighted by molar-refractivity contribution is 6.36. The van der Waals surface area contributed by atoms with Gasteiger partial charge in [0.05, 0.1) is 23.2 Å². The number of nitriles is 1. The molecular weight excluding hydrogens is 325 g/mol. The van der Waals surface area contributed by atoms with Crippen molar-refractivity contribution in [1.82, 2.24) is 10.6 Å². The van der Waals surface area contributed by atoms with Crippen molar-refractivity contribution in [2.24, 2.45) is 5.92 Å². The zero-order chi connectivity index (χ0) is 16.1.